The van der Waals surface area contributed by atoms with Crippen LogP contribution in [-0.2, 0) is 0 Å². The molecule has 0 amide bonds. The second kappa shape index (κ2) is 4.45. The van der Waals surface area contributed by atoms with E-state index < -0.39 is 5.97 Å². The van der Waals surface area contributed by atoms with Gasteiger partial charge in [-0.05, 0) is 24.6 Å². The lowest BCUT2D eigenvalue weighted by Gasteiger charge is -2.08. The zero-order valence-electron chi connectivity index (χ0n) is 8.61. The minimum atomic E-state index is -0.968. The Labute approximate surface area is 87.6 Å². The minimum absolute atomic E-state index is 0.215. The van der Waals surface area contributed by atoms with E-state index in [0.717, 1.165) is 5.56 Å². The van der Waals surface area contributed by atoms with Crippen LogP contribution < -0.4 is 11.1 Å². The van der Waals surface area contributed by atoms with Gasteiger partial charge in [-0.25, -0.2) is 4.79 Å². The van der Waals surface area contributed by atoms with Crippen molar-refractivity contribution in [3.05, 3.63) is 29.3 Å². The van der Waals surface area contributed by atoms with Crippen LogP contribution in [0.25, 0.3) is 0 Å². The number of anilines is 1. The minimum Gasteiger partial charge on any atom is -0.478 e. The first-order valence-electron chi connectivity index (χ1n) is 4.38. The number of carbonyl (C=O) groups is 1. The van der Waals surface area contributed by atoms with Gasteiger partial charge in [-0.3, -0.25) is 4.99 Å². The number of nitrogens with one attached hydrogen (secondary N) is 1. The number of aryl methyl sites for hydroxylation is 1. The molecule has 5 nitrogen and oxygen atoms in total. The number of benzene rings is 1. The molecule has 1 aromatic carbocycles. The third kappa shape index (κ3) is 2.70. The lowest BCUT2D eigenvalue weighted by Crippen LogP contribution is -2.22. The maximum Gasteiger partial charge on any atom is 0.335 e. The molecule has 4 N–H and O–H groups in total. The second-order valence-corrected chi connectivity index (χ2v) is 3.07. The SMILES string of the molecule is CN=C(N)Nc1cc(C(=O)O)ccc1C. The number of nitrogens with two attached hydrogens (primary N) is 1. The molecule has 0 aliphatic heterocycles. The summed E-state index contributed by atoms with van der Waals surface area (Å²) in [7, 11) is 1.55. The molecule has 0 spiro atoms. The summed E-state index contributed by atoms with van der Waals surface area (Å²) in [6.45, 7) is 1.86. The van der Waals surface area contributed by atoms with E-state index in [1.165, 1.54) is 6.07 Å². The van der Waals surface area contributed by atoms with Gasteiger partial charge in [-0.15, -0.1) is 0 Å². The Kier molecular flexibility index (Phi) is 3.28. The fourth-order valence-electron chi connectivity index (χ4n) is 1.08. The highest BCUT2D eigenvalue weighted by atomic mass is 16.4. The van der Waals surface area contributed by atoms with Crippen LogP contribution in [0.4, 0.5) is 5.69 Å². The van der Waals surface area contributed by atoms with Gasteiger partial charge < -0.3 is 16.2 Å². The quantitative estimate of drug-likeness (QED) is 0.499. The van der Waals surface area contributed by atoms with Crippen LogP contribution in [-0.4, -0.2) is 24.1 Å². The topological polar surface area (TPSA) is 87.7 Å². The Hall–Kier alpha value is -2.04. The molecule has 0 fully saturated rings. The molecule has 0 atom stereocenters. The lowest BCUT2D eigenvalue weighted by atomic mass is 10.1. The summed E-state index contributed by atoms with van der Waals surface area (Å²) in [5, 5.41) is 11.6. The molecule has 0 aliphatic rings. The summed E-state index contributed by atoms with van der Waals surface area (Å²) >= 11 is 0. The average Bonchev–Trinajstić information content (AvgIpc) is 2.20. The first kappa shape index (κ1) is 11.0. The molecule has 0 radical (unpaired) electrons. The molecule has 5 heteroatoms. The van der Waals surface area contributed by atoms with Crippen molar-refractivity contribution in [2.75, 3.05) is 12.4 Å². The Balaban J connectivity index is 3.05. The maximum absolute atomic E-state index is 10.7. The Morgan fingerprint density at radius 3 is 2.73 bits per heavy atom. The van der Waals surface area contributed by atoms with Crippen molar-refractivity contribution in [2.45, 2.75) is 6.92 Å². The summed E-state index contributed by atoms with van der Waals surface area (Å²) in [6, 6.07) is 4.78. The van der Waals surface area contributed by atoms with E-state index in [1.54, 1.807) is 19.2 Å². The van der Waals surface area contributed by atoms with Crippen LogP contribution in [0.5, 0.6) is 0 Å². The smallest absolute Gasteiger partial charge is 0.335 e. The van der Waals surface area contributed by atoms with Crippen molar-refractivity contribution >= 4 is 17.6 Å². The van der Waals surface area contributed by atoms with E-state index in [1.807, 2.05) is 6.92 Å². The monoisotopic (exact) mass is 207 g/mol. The van der Waals surface area contributed by atoms with Gasteiger partial charge in [-0.2, -0.15) is 0 Å². The third-order valence-corrected chi connectivity index (χ3v) is 1.99. The summed E-state index contributed by atoms with van der Waals surface area (Å²) in [5.41, 5.74) is 7.27. The van der Waals surface area contributed by atoms with Crippen molar-refractivity contribution in [1.82, 2.24) is 0 Å². The van der Waals surface area contributed by atoms with Crippen LogP contribution in [0.1, 0.15) is 15.9 Å². The van der Waals surface area contributed by atoms with Gasteiger partial charge in [0.2, 0.25) is 0 Å². The van der Waals surface area contributed by atoms with Crippen LogP contribution in [0, 0.1) is 6.92 Å². The number of rotatable bonds is 2. The highest BCUT2D eigenvalue weighted by molar-refractivity contribution is 5.95. The summed E-state index contributed by atoms with van der Waals surface area (Å²) < 4.78 is 0. The molecule has 0 bridgehead atoms. The number of nitrogens with zero attached hydrogens (tertiary/aromatic N) is 1. The number of hydrogen-bond donors (Lipinski definition) is 3. The van der Waals surface area contributed by atoms with Crippen molar-refractivity contribution in [3.63, 3.8) is 0 Å². The Morgan fingerprint density at radius 1 is 1.53 bits per heavy atom. The Morgan fingerprint density at radius 2 is 2.20 bits per heavy atom. The molecule has 1 rings (SSSR count). The first-order valence-corrected chi connectivity index (χ1v) is 4.38. The van der Waals surface area contributed by atoms with Gasteiger partial charge in [0.05, 0.1) is 5.56 Å². The largest absolute Gasteiger partial charge is 0.478 e. The Bertz CT molecular complexity index is 413. The van der Waals surface area contributed by atoms with E-state index >= 15 is 0 Å². The van der Waals surface area contributed by atoms with Gasteiger partial charge in [0.15, 0.2) is 5.96 Å². The molecule has 0 heterocycles. The average molecular weight is 207 g/mol. The fraction of sp³-hybridized carbons (Fsp3) is 0.200. The number of carboxylic acids is 1. The number of hydrogen-bond acceptors (Lipinski definition) is 2. The number of aromatic carboxylic acids is 1. The van der Waals surface area contributed by atoms with Gasteiger partial charge in [-0.1, -0.05) is 6.07 Å². The van der Waals surface area contributed by atoms with E-state index in [2.05, 4.69) is 10.3 Å². The number of carboxylic acid groups (broad SMARTS) is 1. The summed E-state index contributed by atoms with van der Waals surface area (Å²) in [4.78, 5) is 14.5. The molecule has 1 aromatic rings. The lowest BCUT2D eigenvalue weighted by molar-refractivity contribution is 0.0697. The van der Waals surface area contributed by atoms with E-state index in [9.17, 15) is 4.79 Å². The predicted molar refractivity (Wildman–Crippen MR) is 59.3 cm³/mol. The zero-order chi connectivity index (χ0) is 11.4. The van der Waals surface area contributed by atoms with Crippen molar-refractivity contribution in [2.24, 2.45) is 10.7 Å². The molecule has 0 saturated heterocycles. The van der Waals surface area contributed by atoms with E-state index in [-0.39, 0.29) is 11.5 Å². The van der Waals surface area contributed by atoms with Crippen LogP contribution in [0.15, 0.2) is 23.2 Å². The van der Waals surface area contributed by atoms with Crippen LogP contribution in [0.2, 0.25) is 0 Å². The van der Waals surface area contributed by atoms with Crippen LogP contribution >= 0.6 is 0 Å². The highest BCUT2D eigenvalue weighted by Crippen LogP contribution is 2.16. The van der Waals surface area contributed by atoms with Gasteiger partial charge in [0.25, 0.3) is 0 Å². The fourth-order valence-corrected chi connectivity index (χ4v) is 1.08. The molecule has 0 aromatic heterocycles. The highest BCUT2D eigenvalue weighted by Gasteiger charge is 2.06. The molecule has 0 aliphatic carbocycles. The van der Waals surface area contributed by atoms with Crippen molar-refractivity contribution in [3.8, 4) is 0 Å². The summed E-state index contributed by atoms with van der Waals surface area (Å²) in [6.07, 6.45) is 0. The second-order valence-electron chi connectivity index (χ2n) is 3.07. The molecular formula is C10H13N3O2. The normalized spacial score (nSPS) is 11.2. The van der Waals surface area contributed by atoms with Crippen LogP contribution in [0.3, 0.4) is 0 Å². The molecule has 0 saturated carbocycles. The first-order chi connectivity index (χ1) is 7.04. The standard InChI is InChI=1S/C10H13N3O2/c1-6-3-4-7(9(14)15)5-8(6)13-10(11)12-2/h3-5H,1-2H3,(H,14,15)(H3,11,12,13). The molecule has 80 valence electrons. The third-order valence-electron chi connectivity index (χ3n) is 1.99. The van der Waals surface area contributed by atoms with E-state index in [0.29, 0.717) is 5.69 Å². The van der Waals surface area contributed by atoms with Crippen molar-refractivity contribution in [1.29, 1.82) is 0 Å². The molecule has 0 unspecified atom stereocenters. The van der Waals surface area contributed by atoms with Gasteiger partial charge >= 0.3 is 5.97 Å². The maximum atomic E-state index is 10.7. The zero-order valence-corrected chi connectivity index (χ0v) is 8.61. The molecular weight excluding hydrogens is 194 g/mol. The van der Waals surface area contributed by atoms with Gasteiger partial charge in [0, 0.05) is 12.7 Å². The molecule has 15 heavy (non-hydrogen) atoms. The summed E-state index contributed by atoms with van der Waals surface area (Å²) in [5.74, 6) is -0.717. The number of aliphatic imine (C=N–C) groups is 1. The van der Waals surface area contributed by atoms with Gasteiger partial charge in [0.1, 0.15) is 0 Å². The number of guanidine groups is 1. The van der Waals surface area contributed by atoms with Crippen molar-refractivity contribution < 1.29 is 9.90 Å². The predicted octanol–water partition coefficient (Wildman–Crippen LogP) is 1.05. The van der Waals surface area contributed by atoms with E-state index in [4.69, 9.17) is 10.8 Å².